The molecule has 2 atom stereocenters. The third-order valence-corrected chi connectivity index (χ3v) is 4.25. The van der Waals surface area contributed by atoms with Crippen molar-refractivity contribution in [3.05, 3.63) is 12.2 Å². The summed E-state index contributed by atoms with van der Waals surface area (Å²) in [6.45, 7) is 2.87. The first kappa shape index (κ1) is 11.6. The lowest BCUT2D eigenvalue weighted by Gasteiger charge is -2.45. The van der Waals surface area contributed by atoms with E-state index in [4.69, 9.17) is 0 Å². The predicted molar refractivity (Wildman–Crippen MR) is 66.0 cm³/mol. The van der Waals surface area contributed by atoms with E-state index in [0.717, 1.165) is 19.5 Å². The number of H-pyrrole nitrogens is 1. The van der Waals surface area contributed by atoms with Gasteiger partial charge in [-0.15, -0.1) is 0 Å². The lowest BCUT2D eigenvalue weighted by atomic mass is 9.84. The topological polar surface area (TPSA) is 65.1 Å². The van der Waals surface area contributed by atoms with Crippen LogP contribution in [0.4, 0.5) is 0 Å². The molecule has 0 radical (unpaired) electrons. The average Bonchev–Trinajstić information content (AvgIpc) is 2.91. The highest BCUT2D eigenvalue weighted by molar-refractivity contribution is 5.90. The maximum Gasteiger partial charge on any atom is 0.291 e. The Morgan fingerprint density at radius 2 is 2.33 bits per heavy atom. The van der Waals surface area contributed by atoms with Gasteiger partial charge >= 0.3 is 0 Å². The van der Waals surface area contributed by atoms with Crippen LogP contribution in [0.3, 0.4) is 0 Å². The molecular weight excluding hydrogens is 230 g/mol. The summed E-state index contributed by atoms with van der Waals surface area (Å²) >= 11 is 0. The highest BCUT2D eigenvalue weighted by Crippen LogP contribution is 2.29. The molecule has 0 bridgehead atoms. The molecule has 0 aromatic carbocycles. The van der Waals surface area contributed by atoms with Crippen LogP contribution in [0.1, 0.15) is 29.9 Å². The smallest absolute Gasteiger partial charge is 0.291 e. The standard InChI is InChI=1S/C12H19N5O/c1-16-5-2-3-9-7-17(6-4-10(9)16)12(18)11-13-8-14-15-11/h8-10H,2-7H2,1H3,(H,13,14,15). The van der Waals surface area contributed by atoms with Gasteiger partial charge in [-0.1, -0.05) is 0 Å². The number of aromatic amines is 1. The largest absolute Gasteiger partial charge is 0.336 e. The molecule has 18 heavy (non-hydrogen) atoms. The Labute approximate surface area is 106 Å². The highest BCUT2D eigenvalue weighted by atomic mass is 16.2. The fourth-order valence-corrected chi connectivity index (χ4v) is 3.30. The van der Waals surface area contributed by atoms with Crippen LogP contribution in [0.25, 0.3) is 0 Å². The molecule has 0 spiro atoms. The number of nitrogens with zero attached hydrogens (tertiary/aromatic N) is 4. The van der Waals surface area contributed by atoms with Crippen LogP contribution < -0.4 is 0 Å². The fraction of sp³-hybridized carbons (Fsp3) is 0.750. The van der Waals surface area contributed by atoms with Gasteiger partial charge in [0.1, 0.15) is 6.33 Å². The number of fused-ring (bicyclic) bond motifs is 1. The zero-order valence-corrected chi connectivity index (χ0v) is 10.7. The van der Waals surface area contributed by atoms with Gasteiger partial charge in [0, 0.05) is 19.1 Å². The number of nitrogens with one attached hydrogen (secondary N) is 1. The number of amides is 1. The zero-order valence-electron chi connectivity index (χ0n) is 10.7. The van der Waals surface area contributed by atoms with E-state index in [-0.39, 0.29) is 5.91 Å². The second-order valence-corrected chi connectivity index (χ2v) is 5.32. The molecule has 1 aromatic rings. The second-order valence-electron chi connectivity index (χ2n) is 5.32. The molecule has 1 aromatic heterocycles. The van der Waals surface area contributed by atoms with Crippen molar-refractivity contribution in [2.24, 2.45) is 5.92 Å². The van der Waals surface area contributed by atoms with Crippen LogP contribution in [0.5, 0.6) is 0 Å². The summed E-state index contributed by atoms with van der Waals surface area (Å²) < 4.78 is 0. The zero-order chi connectivity index (χ0) is 12.5. The Morgan fingerprint density at radius 1 is 1.44 bits per heavy atom. The highest BCUT2D eigenvalue weighted by Gasteiger charge is 2.36. The maximum atomic E-state index is 12.2. The molecule has 0 aliphatic carbocycles. The van der Waals surface area contributed by atoms with E-state index in [2.05, 4.69) is 27.1 Å². The van der Waals surface area contributed by atoms with Gasteiger partial charge in [0.05, 0.1) is 0 Å². The summed E-state index contributed by atoms with van der Waals surface area (Å²) in [6, 6.07) is 0.650. The molecule has 0 saturated carbocycles. The van der Waals surface area contributed by atoms with Crippen LogP contribution >= 0.6 is 0 Å². The summed E-state index contributed by atoms with van der Waals surface area (Å²) in [7, 11) is 2.20. The van der Waals surface area contributed by atoms with E-state index in [9.17, 15) is 4.79 Å². The van der Waals surface area contributed by atoms with E-state index in [1.54, 1.807) is 0 Å². The average molecular weight is 249 g/mol. The molecular formula is C12H19N5O. The van der Waals surface area contributed by atoms with E-state index < -0.39 is 0 Å². The number of likely N-dealkylation sites (tertiary alicyclic amines) is 2. The van der Waals surface area contributed by atoms with Crippen LogP contribution in [0, 0.1) is 5.92 Å². The quantitative estimate of drug-likeness (QED) is 0.780. The molecule has 6 nitrogen and oxygen atoms in total. The first-order chi connectivity index (χ1) is 8.75. The third-order valence-electron chi connectivity index (χ3n) is 4.25. The van der Waals surface area contributed by atoms with E-state index in [1.165, 1.54) is 25.7 Å². The Morgan fingerprint density at radius 3 is 3.11 bits per heavy atom. The summed E-state index contributed by atoms with van der Waals surface area (Å²) in [5, 5.41) is 6.39. The van der Waals surface area contributed by atoms with Crippen molar-refractivity contribution in [3.8, 4) is 0 Å². The van der Waals surface area contributed by atoms with Crippen molar-refractivity contribution in [2.45, 2.75) is 25.3 Å². The molecule has 2 aliphatic rings. The van der Waals surface area contributed by atoms with Crippen molar-refractivity contribution in [1.29, 1.82) is 0 Å². The number of hydrogen-bond donors (Lipinski definition) is 1. The number of carbonyl (C=O) groups is 1. The number of aromatic nitrogens is 3. The van der Waals surface area contributed by atoms with Crippen molar-refractivity contribution < 1.29 is 4.79 Å². The third kappa shape index (κ3) is 2.01. The fourth-order valence-electron chi connectivity index (χ4n) is 3.30. The number of carbonyl (C=O) groups excluding carboxylic acids is 1. The molecule has 2 saturated heterocycles. The second kappa shape index (κ2) is 4.68. The molecule has 6 heteroatoms. The summed E-state index contributed by atoms with van der Waals surface area (Å²) in [5.74, 6) is 0.959. The first-order valence-corrected chi connectivity index (χ1v) is 6.60. The molecule has 3 rings (SSSR count). The minimum atomic E-state index is -0.0147. The van der Waals surface area contributed by atoms with Gasteiger partial charge in [0.15, 0.2) is 0 Å². The van der Waals surface area contributed by atoms with Crippen LogP contribution in [-0.4, -0.2) is 63.6 Å². The molecule has 98 valence electrons. The van der Waals surface area contributed by atoms with Gasteiger partial charge < -0.3 is 9.80 Å². The van der Waals surface area contributed by atoms with Crippen molar-refractivity contribution in [2.75, 3.05) is 26.7 Å². The molecule has 3 heterocycles. The van der Waals surface area contributed by atoms with E-state index >= 15 is 0 Å². The van der Waals surface area contributed by atoms with Gasteiger partial charge in [-0.3, -0.25) is 9.89 Å². The minimum Gasteiger partial charge on any atom is -0.336 e. The summed E-state index contributed by atoms with van der Waals surface area (Å²) in [4.78, 5) is 20.5. The normalized spacial score (nSPS) is 29.1. The van der Waals surface area contributed by atoms with Crippen LogP contribution in [-0.2, 0) is 0 Å². The van der Waals surface area contributed by atoms with Crippen LogP contribution in [0.15, 0.2) is 6.33 Å². The molecule has 1 amide bonds. The van der Waals surface area contributed by atoms with Gasteiger partial charge in [-0.25, -0.2) is 4.98 Å². The monoisotopic (exact) mass is 249 g/mol. The van der Waals surface area contributed by atoms with Gasteiger partial charge in [0.25, 0.3) is 5.91 Å². The Bertz CT molecular complexity index is 418. The first-order valence-electron chi connectivity index (χ1n) is 6.60. The molecule has 2 fully saturated rings. The maximum absolute atomic E-state index is 12.2. The van der Waals surface area contributed by atoms with E-state index in [1.807, 2.05) is 4.90 Å². The Balaban J connectivity index is 1.69. The predicted octanol–water partition coefficient (Wildman–Crippen LogP) is 0.361. The Hall–Kier alpha value is -1.43. The van der Waals surface area contributed by atoms with Gasteiger partial charge in [-0.2, -0.15) is 5.10 Å². The molecule has 2 unspecified atom stereocenters. The number of hydrogen-bond acceptors (Lipinski definition) is 4. The Kier molecular flexibility index (Phi) is 3.03. The van der Waals surface area contributed by atoms with Crippen molar-refractivity contribution in [3.63, 3.8) is 0 Å². The number of rotatable bonds is 1. The SMILES string of the molecule is CN1CCCC2CN(C(=O)c3ncn[nH]3)CCC21. The summed E-state index contributed by atoms with van der Waals surface area (Å²) in [6.07, 6.45) is 4.92. The lowest BCUT2D eigenvalue weighted by molar-refractivity contribution is 0.0309. The molecule has 2 aliphatic heterocycles. The van der Waals surface area contributed by atoms with Crippen molar-refractivity contribution in [1.82, 2.24) is 25.0 Å². The lowest BCUT2D eigenvalue weighted by Crippen LogP contribution is -2.54. The minimum absolute atomic E-state index is 0.0147. The van der Waals surface area contributed by atoms with Gasteiger partial charge in [-0.05, 0) is 38.8 Å². The molecule has 1 N–H and O–H groups in total. The van der Waals surface area contributed by atoms with Crippen molar-refractivity contribution >= 4 is 5.91 Å². The van der Waals surface area contributed by atoms with Crippen LogP contribution in [0.2, 0.25) is 0 Å². The summed E-state index contributed by atoms with van der Waals surface area (Å²) in [5.41, 5.74) is 0. The van der Waals surface area contributed by atoms with E-state index in [0.29, 0.717) is 17.8 Å². The number of piperidine rings is 2. The van der Waals surface area contributed by atoms with Gasteiger partial charge in [0.2, 0.25) is 5.82 Å².